The van der Waals surface area contributed by atoms with Crippen LogP contribution >= 0.6 is 0 Å². The number of hydrogen-bond donors (Lipinski definition) is 2. The number of hydrogen-bond acceptors (Lipinski definition) is 2. The Kier molecular flexibility index (Phi) is 3.71. The molecule has 78 valence electrons. The van der Waals surface area contributed by atoms with Gasteiger partial charge in [-0.25, -0.2) is 0 Å². The number of nitrogens with one attached hydrogen (secondary N) is 1. The van der Waals surface area contributed by atoms with E-state index < -0.39 is 6.10 Å². The second-order valence-corrected chi connectivity index (χ2v) is 3.24. The molecule has 0 aromatic carbocycles. The molecule has 0 radical (unpaired) electrons. The van der Waals surface area contributed by atoms with Gasteiger partial charge in [-0.1, -0.05) is 0 Å². The van der Waals surface area contributed by atoms with E-state index in [2.05, 4.69) is 5.32 Å². The molecule has 0 fully saturated rings. The fraction of sp³-hybridized carbons (Fsp3) is 0.500. The fourth-order valence-electron chi connectivity index (χ4n) is 1.23. The molecule has 0 aliphatic heterocycles. The summed E-state index contributed by atoms with van der Waals surface area (Å²) in [6, 6.07) is 3.60. The maximum atomic E-state index is 11.5. The molecule has 1 heterocycles. The quantitative estimate of drug-likeness (QED) is 0.741. The molecular weight excluding hydrogens is 180 g/mol. The lowest BCUT2D eigenvalue weighted by Crippen LogP contribution is -2.31. The lowest BCUT2D eigenvalue weighted by atomic mass is 10.3. The van der Waals surface area contributed by atoms with Crippen LogP contribution in [0.4, 0.5) is 0 Å². The minimum Gasteiger partial charge on any atom is -0.392 e. The molecule has 1 aromatic rings. The van der Waals surface area contributed by atoms with E-state index in [4.69, 9.17) is 5.11 Å². The Bertz CT molecular complexity index is 305. The van der Waals surface area contributed by atoms with Crippen LogP contribution in [-0.2, 0) is 6.54 Å². The maximum Gasteiger partial charge on any atom is 0.267 e. The summed E-state index contributed by atoms with van der Waals surface area (Å²) in [6.45, 7) is 4.67. The first-order valence-electron chi connectivity index (χ1n) is 4.76. The molecule has 2 N–H and O–H groups in total. The SMILES string of the molecule is CCn1cccc1C(=O)NCC(C)O. The van der Waals surface area contributed by atoms with E-state index in [0.29, 0.717) is 5.69 Å². The second-order valence-electron chi connectivity index (χ2n) is 3.24. The van der Waals surface area contributed by atoms with Crippen LogP contribution in [0.3, 0.4) is 0 Å². The average Bonchev–Trinajstić information content (AvgIpc) is 2.61. The molecule has 0 saturated carbocycles. The third-order valence-electron chi connectivity index (χ3n) is 1.96. The van der Waals surface area contributed by atoms with Crippen molar-refractivity contribution in [3.8, 4) is 0 Å². The first kappa shape index (κ1) is 10.8. The maximum absolute atomic E-state index is 11.5. The summed E-state index contributed by atoms with van der Waals surface area (Å²) in [5.74, 6) is -0.141. The van der Waals surface area contributed by atoms with Crippen LogP contribution in [0.5, 0.6) is 0 Å². The number of carbonyl (C=O) groups is 1. The number of aliphatic hydroxyl groups is 1. The van der Waals surface area contributed by atoms with Gasteiger partial charge in [0.05, 0.1) is 6.10 Å². The van der Waals surface area contributed by atoms with Crippen molar-refractivity contribution < 1.29 is 9.90 Å². The lowest BCUT2D eigenvalue weighted by molar-refractivity contribution is 0.0915. The van der Waals surface area contributed by atoms with Crippen LogP contribution in [-0.4, -0.2) is 28.2 Å². The Morgan fingerprint density at radius 2 is 2.43 bits per heavy atom. The van der Waals surface area contributed by atoms with Crippen LogP contribution in [0.2, 0.25) is 0 Å². The molecule has 0 aliphatic rings. The van der Waals surface area contributed by atoms with Crippen LogP contribution in [0.25, 0.3) is 0 Å². The number of rotatable bonds is 4. The molecule has 1 atom stereocenters. The van der Waals surface area contributed by atoms with Crippen LogP contribution < -0.4 is 5.32 Å². The summed E-state index contributed by atoms with van der Waals surface area (Å²) >= 11 is 0. The molecule has 4 nitrogen and oxygen atoms in total. The number of aliphatic hydroxyl groups excluding tert-OH is 1. The number of aromatic nitrogens is 1. The van der Waals surface area contributed by atoms with E-state index in [1.54, 1.807) is 13.0 Å². The molecule has 1 rings (SSSR count). The Hall–Kier alpha value is -1.29. The van der Waals surface area contributed by atoms with Gasteiger partial charge in [0.1, 0.15) is 5.69 Å². The van der Waals surface area contributed by atoms with Gasteiger partial charge in [0.15, 0.2) is 0 Å². The molecule has 4 heteroatoms. The first-order valence-corrected chi connectivity index (χ1v) is 4.76. The Labute approximate surface area is 83.5 Å². The van der Waals surface area contributed by atoms with Gasteiger partial charge < -0.3 is 15.0 Å². The minimum atomic E-state index is -0.510. The molecule has 14 heavy (non-hydrogen) atoms. The molecule has 0 spiro atoms. The topological polar surface area (TPSA) is 54.3 Å². The van der Waals surface area contributed by atoms with Gasteiger partial charge in [0.25, 0.3) is 5.91 Å². The highest BCUT2D eigenvalue weighted by Gasteiger charge is 2.09. The van der Waals surface area contributed by atoms with Crippen molar-refractivity contribution in [2.75, 3.05) is 6.54 Å². The van der Waals surface area contributed by atoms with E-state index in [1.165, 1.54) is 0 Å². The van der Waals surface area contributed by atoms with Crippen LogP contribution in [0, 0.1) is 0 Å². The Morgan fingerprint density at radius 1 is 1.71 bits per heavy atom. The van der Waals surface area contributed by atoms with Crippen molar-refractivity contribution in [2.45, 2.75) is 26.5 Å². The van der Waals surface area contributed by atoms with Gasteiger partial charge in [-0.2, -0.15) is 0 Å². The van der Waals surface area contributed by atoms with Gasteiger partial charge in [-0.05, 0) is 26.0 Å². The third kappa shape index (κ3) is 2.60. The van der Waals surface area contributed by atoms with E-state index in [-0.39, 0.29) is 12.5 Å². The summed E-state index contributed by atoms with van der Waals surface area (Å²) in [5.41, 5.74) is 0.633. The monoisotopic (exact) mass is 196 g/mol. The number of amides is 1. The van der Waals surface area contributed by atoms with Gasteiger partial charge in [-0.3, -0.25) is 4.79 Å². The molecule has 1 amide bonds. The second kappa shape index (κ2) is 4.81. The zero-order chi connectivity index (χ0) is 10.6. The summed E-state index contributed by atoms with van der Waals surface area (Å²) in [5, 5.41) is 11.7. The average molecular weight is 196 g/mol. The molecule has 1 unspecified atom stereocenters. The molecular formula is C10H16N2O2. The van der Waals surface area contributed by atoms with E-state index in [9.17, 15) is 4.79 Å². The van der Waals surface area contributed by atoms with Crippen LogP contribution in [0.15, 0.2) is 18.3 Å². The Morgan fingerprint density at radius 3 is 3.00 bits per heavy atom. The zero-order valence-corrected chi connectivity index (χ0v) is 8.53. The van der Waals surface area contributed by atoms with Crippen molar-refractivity contribution in [1.29, 1.82) is 0 Å². The van der Waals surface area contributed by atoms with Gasteiger partial charge >= 0.3 is 0 Å². The number of aryl methyl sites for hydroxylation is 1. The normalized spacial score (nSPS) is 12.5. The fourth-order valence-corrected chi connectivity index (χ4v) is 1.23. The summed E-state index contributed by atoms with van der Waals surface area (Å²) < 4.78 is 1.86. The van der Waals surface area contributed by atoms with E-state index >= 15 is 0 Å². The zero-order valence-electron chi connectivity index (χ0n) is 8.53. The Balaban J connectivity index is 2.60. The van der Waals surface area contributed by atoms with Crippen molar-refractivity contribution in [3.05, 3.63) is 24.0 Å². The number of carbonyl (C=O) groups excluding carboxylic acids is 1. The molecule has 1 aromatic heterocycles. The number of nitrogens with zero attached hydrogens (tertiary/aromatic N) is 1. The highest BCUT2D eigenvalue weighted by molar-refractivity contribution is 5.92. The van der Waals surface area contributed by atoms with E-state index in [0.717, 1.165) is 6.54 Å². The van der Waals surface area contributed by atoms with Crippen LogP contribution in [0.1, 0.15) is 24.3 Å². The third-order valence-corrected chi connectivity index (χ3v) is 1.96. The summed E-state index contributed by atoms with van der Waals surface area (Å²) in [4.78, 5) is 11.5. The highest BCUT2D eigenvalue weighted by atomic mass is 16.3. The predicted molar refractivity (Wildman–Crippen MR) is 54.1 cm³/mol. The van der Waals surface area contributed by atoms with Crippen molar-refractivity contribution in [3.63, 3.8) is 0 Å². The van der Waals surface area contributed by atoms with Gasteiger partial charge in [0.2, 0.25) is 0 Å². The predicted octanol–water partition coefficient (Wildman–Crippen LogP) is 0.619. The summed E-state index contributed by atoms with van der Waals surface area (Å²) in [7, 11) is 0. The standard InChI is InChI=1S/C10H16N2O2/c1-3-12-6-4-5-9(12)10(14)11-7-8(2)13/h4-6,8,13H,3,7H2,1-2H3,(H,11,14). The first-order chi connectivity index (χ1) is 6.65. The molecule has 0 aliphatic carbocycles. The van der Waals surface area contributed by atoms with Crippen molar-refractivity contribution >= 4 is 5.91 Å². The minimum absolute atomic E-state index is 0.141. The van der Waals surface area contributed by atoms with Gasteiger partial charge in [0, 0.05) is 19.3 Å². The smallest absolute Gasteiger partial charge is 0.267 e. The van der Waals surface area contributed by atoms with E-state index in [1.807, 2.05) is 23.8 Å². The highest BCUT2D eigenvalue weighted by Crippen LogP contribution is 2.01. The lowest BCUT2D eigenvalue weighted by Gasteiger charge is -2.08. The van der Waals surface area contributed by atoms with Crippen molar-refractivity contribution in [2.24, 2.45) is 0 Å². The molecule has 0 bridgehead atoms. The van der Waals surface area contributed by atoms with Crippen molar-refractivity contribution in [1.82, 2.24) is 9.88 Å². The molecule has 0 saturated heterocycles. The van der Waals surface area contributed by atoms with Gasteiger partial charge in [-0.15, -0.1) is 0 Å². The largest absolute Gasteiger partial charge is 0.392 e. The summed E-state index contributed by atoms with van der Waals surface area (Å²) in [6.07, 6.45) is 1.35.